The summed E-state index contributed by atoms with van der Waals surface area (Å²) in [5.74, 6) is -0.358. The lowest BCUT2D eigenvalue weighted by Gasteiger charge is -2.37. The second kappa shape index (κ2) is 7.00. The summed E-state index contributed by atoms with van der Waals surface area (Å²) < 4.78 is 6.80. The number of fused-ring (bicyclic) bond motifs is 1. The van der Waals surface area contributed by atoms with Crippen LogP contribution in [0.1, 0.15) is 16.1 Å². The third-order valence-corrected chi connectivity index (χ3v) is 6.71. The molecule has 28 heavy (non-hydrogen) atoms. The highest BCUT2D eigenvalue weighted by Crippen LogP contribution is 2.33. The predicted molar refractivity (Wildman–Crippen MR) is 113 cm³/mol. The first-order valence-electron chi connectivity index (χ1n) is 9.00. The first kappa shape index (κ1) is 17.3. The second-order valence-electron chi connectivity index (χ2n) is 6.75. The topological polar surface area (TPSA) is 55.3 Å². The summed E-state index contributed by atoms with van der Waals surface area (Å²) in [7, 11) is 0. The van der Waals surface area contributed by atoms with Crippen molar-refractivity contribution < 1.29 is 9.53 Å². The van der Waals surface area contributed by atoms with Gasteiger partial charge >= 0.3 is 5.97 Å². The standard InChI is InChI=1S/C21H17N3O2S2/c1-13-6-5-9-17-18(13)23-21(28-17)24-10-15(11-24)26-20(25)16-12-27-19(22-16)14-7-3-2-4-8-14/h2-9,12,15H,10-11H2,1H3. The summed E-state index contributed by atoms with van der Waals surface area (Å²) in [5, 5.41) is 3.57. The molecule has 1 aliphatic rings. The van der Waals surface area contributed by atoms with Crippen LogP contribution in [0.5, 0.6) is 0 Å². The van der Waals surface area contributed by atoms with Gasteiger partial charge < -0.3 is 9.64 Å². The molecule has 3 heterocycles. The first-order chi connectivity index (χ1) is 13.7. The lowest BCUT2D eigenvalue weighted by molar-refractivity contribution is 0.0228. The van der Waals surface area contributed by atoms with Crippen molar-refractivity contribution in [3.05, 3.63) is 65.2 Å². The molecule has 0 saturated carbocycles. The van der Waals surface area contributed by atoms with Gasteiger partial charge in [0.05, 0.1) is 23.3 Å². The number of ether oxygens (including phenoxy) is 1. The van der Waals surface area contributed by atoms with Crippen LogP contribution < -0.4 is 4.90 Å². The van der Waals surface area contributed by atoms with Crippen LogP contribution in [0, 0.1) is 6.92 Å². The molecular formula is C21H17N3O2S2. The molecule has 2 aromatic heterocycles. The molecule has 7 heteroatoms. The van der Waals surface area contributed by atoms with E-state index in [1.807, 2.05) is 30.3 Å². The van der Waals surface area contributed by atoms with E-state index in [0.29, 0.717) is 18.8 Å². The van der Waals surface area contributed by atoms with E-state index in [1.165, 1.54) is 21.6 Å². The maximum atomic E-state index is 12.4. The predicted octanol–water partition coefficient (Wildman–Crippen LogP) is 4.77. The number of aromatic nitrogens is 2. The Morgan fingerprint density at radius 2 is 1.93 bits per heavy atom. The van der Waals surface area contributed by atoms with E-state index in [9.17, 15) is 4.79 Å². The summed E-state index contributed by atoms with van der Waals surface area (Å²) in [4.78, 5) is 23.7. The van der Waals surface area contributed by atoms with Crippen LogP contribution in [0.3, 0.4) is 0 Å². The molecule has 5 nitrogen and oxygen atoms in total. The van der Waals surface area contributed by atoms with E-state index in [1.54, 1.807) is 16.7 Å². The van der Waals surface area contributed by atoms with Crippen molar-refractivity contribution in [3.8, 4) is 10.6 Å². The van der Waals surface area contributed by atoms with Gasteiger partial charge in [-0.25, -0.2) is 14.8 Å². The molecule has 0 amide bonds. The highest BCUT2D eigenvalue weighted by Gasteiger charge is 2.33. The fourth-order valence-corrected chi connectivity index (χ4v) is 5.03. The Labute approximate surface area is 170 Å². The van der Waals surface area contributed by atoms with Crippen LogP contribution in [-0.4, -0.2) is 35.1 Å². The maximum absolute atomic E-state index is 12.4. The zero-order valence-electron chi connectivity index (χ0n) is 15.2. The minimum absolute atomic E-state index is 0.123. The average Bonchev–Trinajstić information content (AvgIpc) is 3.33. The van der Waals surface area contributed by atoms with Crippen molar-refractivity contribution >= 4 is 44.0 Å². The minimum atomic E-state index is -0.358. The Kier molecular flexibility index (Phi) is 4.33. The molecule has 0 spiro atoms. The number of carbonyl (C=O) groups is 1. The molecule has 1 aliphatic heterocycles. The van der Waals surface area contributed by atoms with E-state index in [2.05, 4.69) is 35.0 Å². The van der Waals surface area contributed by atoms with Gasteiger partial charge in [-0.3, -0.25) is 0 Å². The molecule has 0 N–H and O–H groups in total. The third-order valence-electron chi connectivity index (χ3n) is 4.74. The largest absolute Gasteiger partial charge is 0.454 e. The molecule has 2 aromatic carbocycles. The van der Waals surface area contributed by atoms with Crippen LogP contribution >= 0.6 is 22.7 Å². The Bertz CT molecular complexity index is 1150. The van der Waals surface area contributed by atoms with Gasteiger partial charge in [0.25, 0.3) is 0 Å². The normalized spacial score (nSPS) is 14.2. The van der Waals surface area contributed by atoms with Gasteiger partial charge in [-0.2, -0.15) is 0 Å². The molecule has 140 valence electrons. The molecule has 1 saturated heterocycles. The zero-order valence-corrected chi connectivity index (χ0v) is 16.8. The van der Waals surface area contributed by atoms with Gasteiger partial charge in [0, 0.05) is 10.9 Å². The molecule has 0 unspecified atom stereocenters. The summed E-state index contributed by atoms with van der Waals surface area (Å²) in [6, 6.07) is 16.1. The second-order valence-corrected chi connectivity index (χ2v) is 8.62. The third kappa shape index (κ3) is 3.16. The fourth-order valence-electron chi connectivity index (χ4n) is 3.17. The summed E-state index contributed by atoms with van der Waals surface area (Å²) in [6.07, 6.45) is -0.123. The number of hydrogen-bond acceptors (Lipinski definition) is 7. The number of para-hydroxylation sites is 1. The van der Waals surface area contributed by atoms with Crippen molar-refractivity contribution in [2.45, 2.75) is 13.0 Å². The number of benzene rings is 2. The molecule has 0 bridgehead atoms. The smallest absolute Gasteiger partial charge is 0.358 e. The molecule has 0 radical (unpaired) electrons. The number of thiazole rings is 2. The zero-order chi connectivity index (χ0) is 19.1. The van der Waals surface area contributed by atoms with Gasteiger partial charge in [0.1, 0.15) is 11.1 Å². The van der Waals surface area contributed by atoms with E-state index < -0.39 is 0 Å². The van der Waals surface area contributed by atoms with Crippen molar-refractivity contribution in [3.63, 3.8) is 0 Å². The van der Waals surface area contributed by atoms with Crippen LogP contribution in [0.25, 0.3) is 20.8 Å². The highest BCUT2D eigenvalue weighted by molar-refractivity contribution is 7.22. The van der Waals surface area contributed by atoms with E-state index in [4.69, 9.17) is 9.72 Å². The Morgan fingerprint density at radius 3 is 2.71 bits per heavy atom. The molecule has 0 aliphatic carbocycles. The van der Waals surface area contributed by atoms with Gasteiger partial charge in [0.2, 0.25) is 0 Å². The van der Waals surface area contributed by atoms with Crippen LogP contribution in [-0.2, 0) is 4.74 Å². The number of hydrogen-bond donors (Lipinski definition) is 0. The van der Waals surface area contributed by atoms with Gasteiger partial charge in [-0.15, -0.1) is 11.3 Å². The van der Waals surface area contributed by atoms with E-state index in [0.717, 1.165) is 21.2 Å². The quantitative estimate of drug-likeness (QED) is 0.456. The number of esters is 1. The monoisotopic (exact) mass is 407 g/mol. The first-order valence-corrected chi connectivity index (χ1v) is 10.7. The molecule has 0 atom stereocenters. The van der Waals surface area contributed by atoms with Crippen molar-refractivity contribution in [1.82, 2.24) is 9.97 Å². The maximum Gasteiger partial charge on any atom is 0.358 e. The Morgan fingerprint density at radius 1 is 1.11 bits per heavy atom. The van der Waals surface area contributed by atoms with Gasteiger partial charge in [-0.05, 0) is 18.6 Å². The Balaban J connectivity index is 1.22. The number of rotatable bonds is 4. The van der Waals surface area contributed by atoms with Crippen molar-refractivity contribution in [1.29, 1.82) is 0 Å². The Hall–Kier alpha value is -2.77. The van der Waals surface area contributed by atoms with E-state index in [-0.39, 0.29) is 12.1 Å². The van der Waals surface area contributed by atoms with Crippen LogP contribution in [0.15, 0.2) is 53.9 Å². The van der Waals surface area contributed by atoms with E-state index >= 15 is 0 Å². The van der Waals surface area contributed by atoms with Crippen LogP contribution in [0.2, 0.25) is 0 Å². The summed E-state index contributed by atoms with van der Waals surface area (Å²) in [6.45, 7) is 3.41. The van der Waals surface area contributed by atoms with Crippen LogP contribution in [0.4, 0.5) is 5.13 Å². The molecular weight excluding hydrogens is 390 g/mol. The average molecular weight is 408 g/mol. The minimum Gasteiger partial charge on any atom is -0.454 e. The SMILES string of the molecule is Cc1cccc2sc(N3CC(OC(=O)c4csc(-c5ccccc5)n4)C3)nc12. The number of nitrogens with zero attached hydrogens (tertiary/aromatic N) is 3. The molecule has 1 fully saturated rings. The lowest BCUT2D eigenvalue weighted by Crippen LogP contribution is -2.53. The fraction of sp³-hybridized carbons (Fsp3) is 0.190. The molecule has 5 rings (SSSR count). The lowest BCUT2D eigenvalue weighted by atomic mass is 10.2. The number of aryl methyl sites for hydroxylation is 1. The van der Waals surface area contributed by atoms with Crippen molar-refractivity contribution in [2.75, 3.05) is 18.0 Å². The van der Waals surface area contributed by atoms with Gasteiger partial charge in [-0.1, -0.05) is 53.8 Å². The van der Waals surface area contributed by atoms with Crippen molar-refractivity contribution in [2.24, 2.45) is 0 Å². The number of anilines is 1. The highest BCUT2D eigenvalue weighted by atomic mass is 32.1. The number of carbonyl (C=O) groups excluding carboxylic acids is 1. The summed E-state index contributed by atoms with van der Waals surface area (Å²) >= 11 is 3.13. The summed E-state index contributed by atoms with van der Waals surface area (Å²) in [5.41, 5.74) is 3.62. The molecule has 4 aromatic rings. The van der Waals surface area contributed by atoms with Gasteiger partial charge in [0.15, 0.2) is 10.8 Å².